The van der Waals surface area contributed by atoms with Crippen LogP contribution in [0.15, 0.2) is 12.1 Å². The van der Waals surface area contributed by atoms with Gasteiger partial charge in [-0.3, -0.25) is 4.79 Å². The summed E-state index contributed by atoms with van der Waals surface area (Å²) in [6.45, 7) is 5.92. The Balaban J connectivity index is 1.64. The number of thiophene rings is 1. The third-order valence-electron chi connectivity index (χ3n) is 3.28. The predicted molar refractivity (Wildman–Crippen MR) is 75.8 cm³/mol. The lowest BCUT2D eigenvalue weighted by Gasteiger charge is -2.12. The first-order chi connectivity index (χ1) is 8.70. The van der Waals surface area contributed by atoms with Gasteiger partial charge >= 0.3 is 0 Å². The van der Waals surface area contributed by atoms with Crippen molar-refractivity contribution in [2.45, 2.75) is 39.2 Å². The second kappa shape index (κ2) is 6.34. The maximum absolute atomic E-state index is 11.4. The number of rotatable bonds is 7. The Bertz CT molecular complexity index is 398. The van der Waals surface area contributed by atoms with E-state index >= 15 is 0 Å². The van der Waals surface area contributed by atoms with Crippen molar-refractivity contribution in [1.82, 2.24) is 10.6 Å². The Morgan fingerprint density at radius 1 is 1.44 bits per heavy atom. The summed E-state index contributed by atoms with van der Waals surface area (Å²) in [6.07, 6.45) is 3.25. The van der Waals surface area contributed by atoms with Crippen LogP contribution in [0.25, 0.3) is 0 Å². The molecule has 1 saturated carbocycles. The van der Waals surface area contributed by atoms with E-state index in [-0.39, 0.29) is 5.91 Å². The quantitative estimate of drug-likeness (QED) is 0.745. The van der Waals surface area contributed by atoms with E-state index < -0.39 is 0 Å². The van der Waals surface area contributed by atoms with Crippen molar-refractivity contribution in [1.29, 1.82) is 0 Å². The summed E-state index contributed by atoms with van der Waals surface area (Å²) in [4.78, 5) is 14.2. The lowest BCUT2D eigenvalue weighted by molar-refractivity contribution is -0.122. The van der Waals surface area contributed by atoms with Gasteiger partial charge in [0.1, 0.15) is 0 Å². The van der Waals surface area contributed by atoms with Crippen LogP contribution in [0.3, 0.4) is 0 Å². The van der Waals surface area contributed by atoms with Gasteiger partial charge in [0.15, 0.2) is 0 Å². The molecule has 0 spiro atoms. The summed E-state index contributed by atoms with van der Waals surface area (Å²) in [5.41, 5.74) is 0. The highest BCUT2D eigenvalue weighted by Gasteiger charge is 2.28. The fourth-order valence-electron chi connectivity index (χ4n) is 1.88. The Kier molecular flexibility index (Phi) is 4.78. The van der Waals surface area contributed by atoms with Gasteiger partial charge in [-0.15, -0.1) is 11.3 Å². The minimum Gasteiger partial charge on any atom is -0.355 e. The molecule has 1 fully saturated rings. The van der Waals surface area contributed by atoms with Crippen molar-refractivity contribution >= 4 is 17.2 Å². The lowest BCUT2D eigenvalue weighted by Crippen LogP contribution is -2.33. The van der Waals surface area contributed by atoms with E-state index in [4.69, 9.17) is 0 Å². The Hall–Kier alpha value is -0.870. The summed E-state index contributed by atoms with van der Waals surface area (Å²) in [7, 11) is 0. The summed E-state index contributed by atoms with van der Waals surface area (Å²) in [6, 6.07) is 4.77. The van der Waals surface area contributed by atoms with Crippen molar-refractivity contribution in [2.75, 3.05) is 13.1 Å². The molecule has 0 bridgehead atoms. The van der Waals surface area contributed by atoms with Crippen LogP contribution in [0.1, 0.15) is 42.5 Å². The average Bonchev–Trinajstić information content (AvgIpc) is 3.12. The summed E-state index contributed by atoms with van der Waals surface area (Å²) < 4.78 is 0. The summed E-state index contributed by atoms with van der Waals surface area (Å²) >= 11 is 1.87. The molecule has 3 nitrogen and oxygen atoms in total. The van der Waals surface area contributed by atoms with Crippen LogP contribution < -0.4 is 10.6 Å². The van der Waals surface area contributed by atoms with Crippen LogP contribution in [0, 0.1) is 5.92 Å². The molecule has 1 heterocycles. The Morgan fingerprint density at radius 3 is 2.83 bits per heavy atom. The molecule has 1 atom stereocenters. The molecule has 1 aliphatic rings. The molecule has 2 rings (SSSR count). The smallest absolute Gasteiger partial charge is 0.223 e. The van der Waals surface area contributed by atoms with Gasteiger partial charge in [-0.1, -0.05) is 6.92 Å². The monoisotopic (exact) mass is 266 g/mol. The molecule has 1 aromatic rings. The zero-order valence-electron chi connectivity index (χ0n) is 11.2. The standard InChI is InChI=1S/C14H22N2OS/c1-3-12-6-7-13(18-12)10(2)15-8-9-16-14(17)11-4-5-11/h6-7,10-11,15H,3-5,8-9H2,1-2H3,(H,16,17). The molecule has 0 radical (unpaired) electrons. The molecular formula is C14H22N2OS. The van der Waals surface area contributed by atoms with E-state index in [2.05, 4.69) is 36.6 Å². The lowest BCUT2D eigenvalue weighted by atomic mass is 10.2. The highest BCUT2D eigenvalue weighted by atomic mass is 32.1. The SMILES string of the molecule is CCc1ccc(C(C)NCCNC(=O)C2CC2)s1. The Morgan fingerprint density at radius 2 is 2.22 bits per heavy atom. The number of aryl methyl sites for hydroxylation is 1. The van der Waals surface area contributed by atoms with Crippen molar-refractivity contribution in [3.63, 3.8) is 0 Å². The van der Waals surface area contributed by atoms with E-state index in [1.807, 2.05) is 11.3 Å². The minimum absolute atomic E-state index is 0.230. The van der Waals surface area contributed by atoms with Gasteiger partial charge in [-0.2, -0.15) is 0 Å². The zero-order chi connectivity index (χ0) is 13.0. The number of carbonyl (C=O) groups is 1. The third kappa shape index (κ3) is 3.82. The number of hydrogen-bond acceptors (Lipinski definition) is 3. The molecule has 1 amide bonds. The first kappa shape index (κ1) is 13.6. The fourth-order valence-corrected chi connectivity index (χ4v) is 2.86. The highest BCUT2D eigenvalue weighted by molar-refractivity contribution is 7.12. The first-order valence-electron chi connectivity index (χ1n) is 6.80. The zero-order valence-corrected chi connectivity index (χ0v) is 12.0. The number of nitrogens with one attached hydrogen (secondary N) is 2. The van der Waals surface area contributed by atoms with Crippen LogP contribution in [0.2, 0.25) is 0 Å². The van der Waals surface area contributed by atoms with Gasteiger partial charge < -0.3 is 10.6 Å². The molecule has 0 saturated heterocycles. The molecule has 0 aliphatic heterocycles. The molecule has 1 unspecified atom stereocenters. The second-order valence-corrected chi connectivity index (χ2v) is 6.10. The number of carbonyl (C=O) groups excluding carboxylic acids is 1. The molecule has 4 heteroatoms. The van der Waals surface area contributed by atoms with Crippen molar-refractivity contribution in [2.24, 2.45) is 5.92 Å². The van der Waals surface area contributed by atoms with E-state index in [9.17, 15) is 4.79 Å². The van der Waals surface area contributed by atoms with Gasteiger partial charge in [-0.05, 0) is 38.3 Å². The van der Waals surface area contributed by atoms with E-state index in [1.165, 1.54) is 9.75 Å². The number of amides is 1. The van der Waals surface area contributed by atoms with Crippen molar-refractivity contribution in [3.8, 4) is 0 Å². The first-order valence-corrected chi connectivity index (χ1v) is 7.62. The maximum atomic E-state index is 11.4. The fraction of sp³-hybridized carbons (Fsp3) is 0.643. The molecule has 2 N–H and O–H groups in total. The number of hydrogen-bond donors (Lipinski definition) is 2. The average molecular weight is 266 g/mol. The topological polar surface area (TPSA) is 41.1 Å². The summed E-state index contributed by atoms with van der Waals surface area (Å²) in [5.74, 6) is 0.542. The molecule has 100 valence electrons. The van der Waals surface area contributed by atoms with Crippen molar-refractivity contribution < 1.29 is 4.79 Å². The van der Waals surface area contributed by atoms with Gasteiger partial charge in [0, 0.05) is 34.8 Å². The van der Waals surface area contributed by atoms with E-state index in [0.717, 1.165) is 32.4 Å². The van der Waals surface area contributed by atoms with Crippen LogP contribution >= 0.6 is 11.3 Å². The molecular weight excluding hydrogens is 244 g/mol. The van der Waals surface area contributed by atoms with Crippen LogP contribution in [-0.4, -0.2) is 19.0 Å². The van der Waals surface area contributed by atoms with Crippen LogP contribution in [-0.2, 0) is 11.2 Å². The molecule has 18 heavy (non-hydrogen) atoms. The van der Waals surface area contributed by atoms with Crippen LogP contribution in [0.5, 0.6) is 0 Å². The van der Waals surface area contributed by atoms with Crippen molar-refractivity contribution in [3.05, 3.63) is 21.9 Å². The highest BCUT2D eigenvalue weighted by Crippen LogP contribution is 2.28. The van der Waals surface area contributed by atoms with E-state index in [0.29, 0.717) is 12.0 Å². The van der Waals surface area contributed by atoms with Crippen LogP contribution in [0.4, 0.5) is 0 Å². The van der Waals surface area contributed by atoms with Gasteiger partial charge in [0.2, 0.25) is 5.91 Å². The molecule has 1 aliphatic carbocycles. The maximum Gasteiger partial charge on any atom is 0.223 e. The normalized spacial score (nSPS) is 16.6. The third-order valence-corrected chi connectivity index (χ3v) is 4.69. The van der Waals surface area contributed by atoms with Gasteiger partial charge in [0.25, 0.3) is 0 Å². The molecule has 1 aromatic heterocycles. The van der Waals surface area contributed by atoms with E-state index in [1.54, 1.807) is 0 Å². The summed E-state index contributed by atoms with van der Waals surface area (Å²) in [5, 5.41) is 6.42. The molecule has 0 aromatic carbocycles. The predicted octanol–water partition coefficient (Wildman–Crippen LogP) is 2.49. The van der Waals surface area contributed by atoms with Gasteiger partial charge in [-0.25, -0.2) is 0 Å². The van der Waals surface area contributed by atoms with Gasteiger partial charge in [0.05, 0.1) is 0 Å². The Labute approximate surface area is 113 Å². The minimum atomic E-state index is 0.230. The largest absolute Gasteiger partial charge is 0.355 e. The second-order valence-electron chi connectivity index (χ2n) is 4.90.